The summed E-state index contributed by atoms with van der Waals surface area (Å²) >= 11 is 0. The number of amides is 1. The van der Waals surface area contributed by atoms with Crippen LogP contribution in [0.15, 0.2) is 54.6 Å². The van der Waals surface area contributed by atoms with Crippen LogP contribution < -0.4 is 5.73 Å². The summed E-state index contributed by atoms with van der Waals surface area (Å²) in [5, 5.41) is 9.37. The zero-order valence-corrected chi connectivity index (χ0v) is 16.2. The largest absolute Gasteiger partial charge is 0.508 e. The van der Waals surface area contributed by atoms with E-state index in [0.717, 1.165) is 43.6 Å². The van der Waals surface area contributed by atoms with Crippen LogP contribution in [0.3, 0.4) is 0 Å². The van der Waals surface area contributed by atoms with Gasteiger partial charge < -0.3 is 20.5 Å². The van der Waals surface area contributed by atoms with Gasteiger partial charge in [-0.15, -0.1) is 0 Å². The summed E-state index contributed by atoms with van der Waals surface area (Å²) in [5.74, 6) is 0.268. The summed E-state index contributed by atoms with van der Waals surface area (Å²) < 4.78 is 5.45. The molecule has 0 aromatic heterocycles. The van der Waals surface area contributed by atoms with Crippen molar-refractivity contribution in [3.8, 4) is 5.75 Å². The average molecular weight is 383 g/mol. The van der Waals surface area contributed by atoms with Crippen molar-refractivity contribution in [1.29, 1.82) is 0 Å². The standard InChI is InChI=1S/C22H29N3O3/c23-20(15-18-7-9-21(26)10-8-18)16-24-11-4-12-25(14-13-24)22(27)28-17-19-5-2-1-3-6-19/h1-3,5-10,20,26H,4,11-17,23H2. The molecule has 0 bridgehead atoms. The van der Waals surface area contributed by atoms with Gasteiger partial charge in [-0.05, 0) is 42.6 Å². The summed E-state index contributed by atoms with van der Waals surface area (Å²) in [5.41, 5.74) is 8.43. The third-order valence-electron chi connectivity index (χ3n) is 4.98. The van der Waals surface area contributed by atoms with E-state index in [1.165, 1.54) is 0 Å². The van der Waals surface area contributed by atoms with E-state index in [2.05, 4.69) is 4.90 Å². The van der Waals surface area contributed by atoms with Crippen LogP contribution in [-0.4, -0.2) is 59.8 Å². The zero-order valence-electron chi connectivity index (χ0n) is 16.2. The first-order valence-electron chi connectivity index (χ1n) is 9.81. The van der Waals surface area contributed by atoms with E-state index >= 15 is 0 Å². The van der Waals surface area contributed by atoms with Crippen molar-refractivity contribution < 1.29 is 14.6 Å². The second-order valence-corrected chi connectivity index (χ2v) is 7.31. The Kier molecular flexibility index (Phi) is 7.28. The van der Waals surface area contributed by atoms with E-state index in [1.807, 2.05) is 42.5 Å². The van der Waals surface area contributed by atoms with Gasteiger partial charge in [0, 0.05) is 32.2 Å². The van der Waals surface area contributed by atoms with Gasteiger partial charge in [-0.1, -0.05) is 42.5 Å². The van der Waals surface area contributed by atoms with E-state index in [0.29, 0.717) is 19.7 Å². The van der Waals surface area contributed by atoms with Gasteiger partial charge in [-0.25, -0.2) is 4.79 Å². The number of rotatable bonds is 6. The number of nitrogens with zero attached hydrogens (tertiary/aromatic N) is 2. The first-order chi connectivity index (χ1) is 13.6. The lowest BCUT2D eigenvalue weighted by Gasteiger charge is -2.24. The van der Waals surface area contributed by atoms with Crippen LogP contribution in [0.2, 0.25) is 0 Å². The molecule has 6 heteroatoms. The fourth-order valence-electron chi connectivity index (χ4n) is 3.48. The quantitative estimate of drug-likeness (QED) is 0.802. The van der Waals surface area contributed by atoms with E-state index < -0.39 is 0 Å². The molecule has 1 heterocycles. The van der Waals surface area contributed by atoms with E-state index in [1.54, 1.807) is 17.0 Å². The molecular formula is C22H29N3O3. The lowest BCUT2D eigenvalue weighted by molar-refractivity contribution is 0.0972. The number of nitrogens with two attached hydrogens (primary N) is 1. The third-order valence-corrected chi connectivity index (χ3v) is 4.98. The molecule has 2 aromatic rings. The van der Waals surface area contributed by atoms with Gasteiger partial charge in [0.05, 0.1) is 0 Å². The van der Waals surface area contributed by atoms with E-state index in [4.69, 9.17) is 10.5 Å². The van der Waals surface area contributed by atoms with Crippen LogP contribution in [0, 0.1) is 0 Å². The number of hydrogen-bond donors (Lipinski definition) is 2. The Hall–Kier alpha value is -2.57. The molecule has 1 atom stereocenters. The minimum Gasteiger partial charge on any atom is -0.508 e. The SMILES string of the molecule is NC(Cc1ccc(O)cc1)CN1CCCN(C(=O)OCc2ccccc2)CC1. The van der Waals surface area contributed by atoms with Crippen molar-refractivity contribution in [2.24, 2.45) is 5.73 Å². The number of carbonyl (C=O) groups excluding carboxylic acids is 1. The van der Waals surface area contributed by atoms with Gasteiger partial charge in [0.1, 0.15) is 12.4 Å². The van der Waals surface area contributed by atoms with Crippen molar-refractivity contribution in [3.63, 3.8) is 0 Å². The molecule has 1 aliphatic heterocycles. The number of carbonyl (C=O) groups is 1. The highest BCUT2D eigenvalue weighted by Gasteiger charge is 2.21. The Morgan fingerprint density at radius 1 is 1.00 bits per heavy atom. The first kappa shape index (κ1) is 20.2. The summed E-state index contributed by atoms with van der Waals surface area (Å²) in [6, 6.07) is 16.9. The molecule has 0 spiro atoms. The molecule has 1 amide bonds. The minimum absolute atomic E-state index is 0.0149. The van der Waals surface area contributed by atoms with Crippen LogP contribution >= 0.6 is 0 Å². The molecule has 3 rings (SSSR count). The molecule has 0 radical (unpaired) electrons. The number of benzene rings is 2. The monoisotopic (exact) mass is 383 g/mol. The summed E-state index contributed by atoms with van der Waals surface area (Å²) in [6.07, 6.45) is 1.42. The molecule has 0 saturated carbocycles. The number of aromatic hydroxyl groups is 1. The molecule has 1 fully saturated rings. The van der Waals surface area contributed by atoms with E-state index in [9.17, 15) is 9.90 Å². The van der Waals surface area contributed by atoms with Crippen molar-refractivity contribution in [2.45, 2.75) is 25.5 Å². The van der Waals surface area contributed by atoms with Crippen LogP contribution in [0.25, 0.3) is 0 Å². The number of ether oxygens (including phenoxy) is 1. The molecule has 1 aliphatic rings. The highest BCUT2D eigenvalue weighted by Crippen LogP contribution is 2.12. The summed E-state index contributed by atoms with van der Waals surface area (Å²) in [6.45, 7) is 4.16. The fraction of sp³-hybridized carbons (Fsp3) is 0.409. The van der Waals surface area contributed by atoms with Crippen molar-refractivity contribution in [2.75, 3.05) is 32.7 Å². The Balaban J connectivity index is 1.42. The summed E-state index contributed by atoms with van der Waals surface area (Å²) in [7, 11) is 0. The van der Waals surface area contributed by atoms with Crippen LogP contribution in [0.1, 0.15) is 17.5 Å². The Morgan fingerprint density at radius 2 is 1.75 bits per heavy atom. The van der Waals surface area contributed by atoms with Gasteiger partial charge in [-0.2, -0.15) is 0 Å². The lowest BCUT2D eigenvalue weighted by Crippen LogP contribution is -2.41. The molecule has 2 aromatic carbocycles. The number of hydrogen-bond acceptors (Lipinski definition) is 5. The van der Waals surface area contributed by atoms with Crippen molar-refractivity contribution >= 4 is 6.09 Å². The molecule has 1 saturated heterocycles. The topological polar surface area (TPSA) is 79.0 Å². The first-order valence-corrected chi connectivity index (χ1v) is 9.81. The maximum atomic E-state index is 12.4. The predicted molar refractivity (Wildman–Crippen MR) is 109 cm³/mol. The molecule has 1 unspecified atom stereocenters. The smallest absolute Gasteiger partial charge is 0.410 e. The third kappa shape index (κ3) is 6.25. The lowest BCUT2D eigenvalue weighted by atomic mass is 10.1. The zero-order chi connectivity index (χ0) is 19.8. The van der Waals surface area contributed by atoms with Gasteiger partial charge >= 0.3 is 6.09 Å². The Morgan fingerprint density at radius 3 is 2.50 bits per heavy atom. The van der Waals surface area contributed by atoms with Gasteiger partial charge in [-0.3, -0.25) is 4.90 Å². The van der Waals surface area contributed by atoms with E-state index in [-0.39, 0.29) is 17.9 Å². The van der Waals surface area contributed by atoms with Crippen LogP contribution in [-0.2, 0) is 17.8 Å². The minimum atomic E-state index is -0.251. The number of phenolic OH excluding ortho intramolecular Hbond substituents is 1. The average Bonchev–Trinajstić information content (AvgIpc) is 2.94. The maximum absolute atomic E-state index is 12.4. The van der Waals surface area contributed by atoms with Gasteiger partial charge in [0.15, 0.2) is 0 Å². The second-order valence-electron chi connectivity index (χ2n) is 7.31. The van der Waals surface area contributed by atoms with Crippen molar-refractivity contribution in [1.82, 2.24) is 9.80 Å². The maximum Gasteiger partial charge on any atom is 0.410 e. The molecule has 28 heavy (non-hydrogen) atoms. The highest BCUT2D eigenvalue weighted by atomic mass is 16.6. The molecule has 6 nitrogen and oxygen atoms in total. The molecule has 150 valence electrons. The predicted octanol–water partition coefficient (Wildman–Crippen LogP) is 2.61. The van der Waals surface area contributed by atoms with Crippen LogP contribution in [0.4, 0.5) is 4.79 Å². The normalized spacial score (nSPS) is 16.4. The Bertz CT molecular complexity index is 736. The Labute approximate surface area is 166 Å². The second kappa shape index (κ2) is 10.1. The summed E-state index contributed by atoms with van der Waals surface area (Å²) in [4.78, 5) is 16.5. The van der Waals surface area contributed by atoms with Gasteiger partial charge in [0.25, 0.3) is 0 Å². The molecule has 3 N–H and O–H groups in total. The number of phenols is 1. The highest BCUT2D eigenvalue weighted by molar-refractivity contribution is 5.67. The fourth-order valence-corrected chi connectivity index (χ4v) is 3.48. The van der Waals surface area contributed by atoms with Crippen molar-refractivity contribution in [3.05, 3.63) is 65.7 Å². The molecule has 0 aliphatic carbocycles. The van der Waals surface area contributed by atoms with Gasteiger partial charge in [0.2, 0.25) is 0 Å². The van der Waals surface area contributed by atoms with Crippen LogP contribution in [0.5, 0.6) is 5.75 Å². The molecular weight excluding hydrogens is 354 g/mol.